The standard InChI is InChI=1S/C15H23N3O3/c1-9-6-12(7-13(11(9)3)14(19)20)17-15(21)16-8-10(2)18(4)5/h6-7,10H,8H2,1-5H3,(H,19,20)(H2,16,17,21). The van der Waals surface area contributed by atoms with E-state index in [0.717, 1.165) is 5.56 Å². The van der Waals surface area contributed by atoms with E-state index in [1.54, 1.807) is 13.0 Å². The van der Waals surface area contributed by atoms with E-state index < -0.39 is 5.97 Å². The molecule has 0 fully saturated rings. The molecule has 6 nitrogen and oxygen atoms in total. The third-order valence-corrected chi connectivity index (χ3v) is 3.60. The maximum absolute atomic E-state index is 11.8. The highest BCUT2D eigenvalue weighted by atomic mass is 16.4. The molecule has 0 heterocycles. The minimum atomic E-state index is -0.999. The summed E-state index contributed by atoms with van der Waals surface area (Å²) in [7, 11) is 3.87. The highest BCUT2D eigenvalue weighted by Crippen LogP contribution is 2.20. The number of nitrogens with zero attached hydrogens (tertiary/aromatic N) is 1. The largest absolute Gasteiger partial charge is 0.478 e. The lowest BCUT2D eigenvalue weighted by atomic mass is 10.0. The molecule has 3 N–H and O–H groups in total. The Kier molecular flexibility index (Phi) is 5.72. The summed E-state index contributed by atoms with van der Waals surface area (Å²) in [5, 5.41) is 14.6. The van der Waals surface area contributed by atoms with Crippen molar-refractivity contribution < 1.29 is 14.7 Å². The fourth-order valence-corrected chi connectivity index (χ4v) is 1.75. The van der Waals surface area contributed by atoms with Crippen molar-refractivity contribution >= 4 is 17.7 Å². The van der Waals surface area contributed by atoms with Gasteiger partial charge in [0.1, 0.15) is 0 Å². The predicted molar refractivity (Wildman–Crippen MR) is 83.0 cm³/mol. The molecule has 0 bridgehead atoms. The minimum Gasteiger partial charge on any atom is -0.478 e. The number of rotatable bonds is 5. The lowest BCUT2D eigenvalue weighted by Crippen LogP contribution is -2.40. The van der Waals surface area contributed by atoms with Crippen molar-refractivity contribution in [3.63, 3.8) is 0 Å². The molecule has 21 heavy (non-hydrogen) atoms. The number of carbonyl (C=O) groups excluding carboxylic acids is 1. The molecule has 0 radical (unpaired) electrons. The van der Waals surface area contributed by atoms with Crippen LogP contribution in [0.15, 0.2) is 12.1 Å². The van der Waals surface area contributed by atoms with Crippen LogP contribution in [0.1, 0.15) is 28.4 Å². The van der Waals surface area contributed by atoms with Crippen LogP contribution in [0.4, 0.5) is 10.5 Å². The van der Waals surface area contributed by atoms with Crippen LogP contribution in [0.5, 0.6) is 0 Å². The van der Waals surface area contributed by atoms with E-state index in [9.17, 15) is 9.59 Å². The third-order valence-electron chi connectivity index (χ3n) is 3.60. The maximum Gasteiger partial charge on any atom is 0.336 e. The van der Waals surface area contributed by atoms with Crippen LogP contribution < -0.4 is 10.6 Å². The van der Waals surface area contributed by atoms with Gasteiger partial charge in [-0.25, -0.2) is 9.59 Å². The Morgan fingerprint density at radius 3 is 2.43 bits per heavy atom. The van der Waals surface area contributed by atoms with Gasteiger partial charge in [0.05, 0.1) is 5.56 Å². The summed E-state index contributed by atoms with van der Waals surface area (Å²) >= 11 is 0. The summed E-state index contributed by atoms with van der Waals surface area (Å²) in [6, 6.07) is 3.10. The molecule has 2 amide bonds. The normalized spacial score (nSPS) is 12.1. The first-order valence-electron chi connectivity index (χ1n) is 6.78. The Hall–Kier alpha value is -2.08. The monoisotopic (exact) mass is 293 g/mol. The zero-order chi connectivity index (χ0) is 16.2. The van der Waals surface area contributed by atoms with Gasteiger partial charge in [0.25, 0.3) is 0 Å². The van der Waals surface area contributed by atoms with E-state index in [4.69, 9.17) is 5.11 Å². The van der Waals surface area contributed by atoms with Crippen molar-refractivity contribution in [2.75, 3.05) is 26.0 Å². The Balaban J connectivity index is 2.75. The zero-order valence-corrected chi connectivity index (χ0v) is 13.2. The smallest absolute Gasteiger partial charge is 0.336 e. The Morgan fingerprint density at radius 2 is 1.90 bits per heavy atom. The fraction of sp³-hybridized carbons (Fsp3) is 0.467. The highest BCUT2D eigenvalue weighted by molar-refractivity contribution is 5.94. The van der Waals surface area contributed by atoms with Crippen molar-refractivity contribution in [3.05, 3.63) is 28.8 Å². The minimum absolute atomic E-state index is 0.201. The second kappa shape index (κ2) is 7.08. The molecular formula is C15H23N3O3. The number of hydrogen-bond acceptors (Lipinski definition) is 3. The lowest BCUT2D eigenvalue weighted by Gasteiger charge is -2.20. The van der Waals surface area contributed by atoms with Gasteiger partial charge in [0.15, 0.2) is 0 Å². The molecule has 1 aromatic carbocycles. The Labute approximate surface area is 125 Å². The van der Waals surface area contributed by atoms with Crippen molar-refractivity contribution in [1.82, 2.24) is 10.2 Å². The van der Waals surface area contributed by atoms with Gasteiger partial charge in [0, 0.05) is 18.3 Å². The van der Waals surface area contributed by atoms with Gasteiger partial charge >= 0.3 is 12.0 Å². The number of carboxylic acids is 1. The topological polar surface area (TPSA) is 81.7 Å². The highest BCUT2D eigenvalue weighted by Gasteiger charge is 2.13. The number of nitrogens with one attached hydrogen (secondary N) is 2. The van der Waals surface area contributed by atoms with Gasteiger partial charge in [-0.1, -0.05) is 0 Å². The number of aromatic carboxylic acids is 1. The summed E-state index contributed by atoms with van der Waals surface area (Å²) in [6.45, 7) is 6.08. The first-order valence-corrected chi connectivity index (χ1v) is 6.78. The summed E-state index contributed by atoms with van der Waals surface area (Å²) in [6.07, 6.45) is 0. The number of anilines is 1. The average molecular weight is 293 g/mol. The third kappa shape index (κ3) is 4.75. The summed E-state index contributed by atoms with van der Waals surface area (Å²) in [5.41, 5.74) is 2.21. The van der Waals surface area contributed by atoms with E-state index in [1.165, 1.54) is 6.07 Å². The molecule has 116 valence electrons. The van der Waals surface area contributed by atoms with E-state index in [2.05, 4.69) is 10.6 Å². The molecule has 0 aliphatic rings. The van der Waals surface area contributed by atoms with Crippen LogP contribution in [-0.2, 0) is 0 Å². The first kappa shape index (κ1) is 17.0. The molecule has 0 aromatic heterocycles. The van der Waals surface area contributed by atoms with Crippen molar-refractivity contribution in [2.45, 2.75) is 26.8 Å². The van der Waals surface area contributed by atoms with Gasteiger partial charge in [0.2, 0.25) is 0 Å². The van der Waals surface area contributed by atoms with Gasteiger partial charge in [-0.2, -0.15) is 0 Å². The lowest BCUT2D eigenvalue weighted by molar-refractivity contribution is 0.0696. The molecule has 0 spiro atoms. The Morgan fingerprint density at radius 1 is 1.29 bits per heavy atom. The molecule has 1 rings (SSSR count). The van der Waals surface area contributed by atoms with Crippen LogP contribution in [0.3, 0.4) is 0 Å². The number of carbonyl (C=O) groups is 2. The van der Waals surface area contributed by atoms with Gasteiger partial charge in [-0.15, -0.1) is 0 Å². The molecule has 0 aliphatic heterocycles. The van der Waals surface area contributed by atoms with Crippen molar-refractivity contribution in [1.29, 1.82) is 0 Å². The van der Waals surface area contributed by atoms with E-state index in [1.807, 2.05) is 32.8 Å². The number of benzene rings is 1. The van der Waals surface area contributed by atoms with Crippen LogP contribution in [0, 0.1) is 13.8 Å². The quantitative estimate of drug-likeness (QED) is 0.776. The Bertz CT molecular complexity index is 541. The van der Waals surface area contributed by atoms with Gasteiger partial charge in [-0.3, -0.25) is 0 Å². The van der Waals surface area contributed by atoms with E-state index in [0.29, 0.717) is 17.8 Å². The first-order chi connectivity index (χ1) is 9.72. The SMILES string of the molecule is Cc1cc(NC(=O)NCC(C)N(C)C)cc(C(=O)O)c1C. The van der Waals surface area contributed by atoms with Crippen LogP contribution in [0.25, 0.3) is 0 Å². The molecule has 1 unspecified atom stereocenters. The van der Waals surface area contributed by atoms with Crippen molar-refractivity contribution in [2.24, 2.45) is 0 Å². The van der Waals surface area contributed by atoms with Crippen LogP contribution >= 0.6 is 0 Å². The zero-order valence-electron chi connectivity index (χ0n) is 13.2. The van der Waals surface area contributed by atoms with E-state index in [-0.39, 0.29) is 17.6 Å². The number of aryl methyl sites for hydroxylation is 1. The molecular weight excluding hydrogens is 270 g/mol. The van der Waals surface area contributed by atoms with E-state index >= 15 is 0 Å². The molecule has 1 aromatic rings. The fourth-order valence-electron chi connectivity index (χ4n) is 1.75. The van der Waals surface area contributed by atoms with Crippen molar-refractivity contribution in [3.8, 4) is 0 Å². The average Bonchev–Trinajstić information content (AvgIpc) is 2.39. The summed E-state index contributed by atoms with van der Waals surface area (Å²) in [5.74, 6) is -0.999. The number of amides is 2. The summed E-state index contributed by atoms with van der Waals surface area (Å²) < 4.78 is 0. The maximum atomic E-state index is 11.8. The predicted octanol–water partition coefficient (Wildman–Crippen LogP) is 2.07. The van der Waals surface area contributed by atoms with Gasteiger partial charge in [-0.05, 0) is 58.1 Å². The van der Waals surface area contributed by atoms with Crippen LogP contribution in [0.2, 0.25) is 0 Å². The molecule has 0 saturated carbocycles. The molecule has 0 aliphatic carbocycles. The number of carboxylic acid groups (broad SMARTS) is 1. The number of urea groups is 1. The molecule has 0 saturated heterocycles. The number of likely N-dealkylation sites (N-methyl/N-ethyl adjacent to an activating group) is 1. The molecule has 1 atom stereocenters. The van der Waals surface area contributed by atoms with Gasteiger partial charge < -0.3 is 20.6 Å². The second-order valence-electron chi connectivity index (χ2n) is 5.42. The number of hydrogen-bond donors (Lipinski definition) is 3. The second-order valence-corrected chi connectivity index (χ2v) is 5.42. The summed E-state index contributed by atoms with van der Waals surface area (Å²) in [4.78, 5) is 25.0. The molecule has 6 heteroatoms. The van der Waals surface area contributed by atoms with Crippen LogP contribution in [-0.4, -0.2) is 48.7 Å².